The van der Waals surface area contributed by atoms with E-state index in [0.717, 1.165) is 11.3 Å². The first-order chi connectivity index (χ1) is 9.13. The number of hydrogen-bond donors (Lipinski definition) is 2. The third-order valence-electron chi connectivity index (χ3n) is 4.02. The van der Waals surface area contributed by atoms with E-state index in [1.54, 1.807) is 12.7 Å². The van der Waals surface area contributed by atoms with Crippen LogP contribution in [0.1, 0.15) is 40.5 Å². The minimum absolute atomic E-state index is 0.364. The standard InChI is InChI=1S/C14H23N5/c1-5-6-9(2)10(3)11(4)19-14-12-13(16-7-15-12)17-8-18-14/h7-11H,5-6H2,1-4H3,(H2,15,16,17,18,19). The van der Waals surface area contributed by atoms with E-state index in [9.17, 15) is 0 Å². The van der Waals surface area contributed by atoms with Crippen molar-refractivity contribution in [2.45, 2.75) is 46.6 Å². The van der Waals surface area contributed by atoms with E-state index in [1.807, 2.05) is 0 Å². The number of nitrogens with zero attached hydrogens (tertiary/aromatic N) is 3. The van der Waals surface area contributed by atoms with E-state index < -0.39 is 0 Å². The lowest BCUT2D eigenvalue weighted by atomic mass is 9.87. The van der Waals surface area contributed by atoms with Crippen LogP contribution in [-0.2, 0) is 0 Å². The summed E-state index contributed by atoms with van der Waals surface area (Å²) in [6.07, 6.45) is 5.70. The molecule has 2 heterocycles. The summed E-state index contributed by atoms with van der Waals surface area (Å²) in [6, 6.07) is 0.364. The zero-order valence-corrected chi connectivity index (χ0v) is 12.1. The quantitative estimate of drug-likeness (QED) is 0.837. The molecule has 0 aliphatic carbocycles. The van der Waals surface area contributed by atoms with Gasteiger partial charge in [-0.1, -0.05) is 33.6 Å². The largest absolute Gasteiger partial charge is 0.365 e. The smallest absolute Gasteiger partial charge is 0.182 e. The van der Waals surface area contributed by atoms with Gasteiger partial charge in [-0.05, 0) is 18.8 Å². The Bertz CT molecular complexity index is 521. The van der Waals surface area contributed by atoms with Crippen molar-refractivity contribution in [1.82, 2.24) is 19.9 Å². The molecule has 2 aromatic heterocycles. The molecule has 0 saturated carbocycles. The van der Waals surface area contributed by atoms with Crippen molar-refractivity contribution in [2.24, 2.45) is 11.8 Å². The highest BCUT2D eigenvalue weighted by atomic mass is 15.1. The Labute approximate surface area is 114 Å². The van der Waals surface area contributed by atoms with Gasteiger partial charge in [0.2, 0.25) is 0 Å². The molecule has 0 saturated heterocycles. The van der Waals surface area contributed by atoms with Crippen LogP contribution in [-0.4, -0.2) is 26.0 Å². The summed E-state index contributed by atoms with van der Waals surface area (Å²) >= 11 is 0. The summed E-state index contributed by atoms with van der Waals surface area (Å²) in [6.45, 7) is 9.06. The Balaban J connectivity index is 2.10. The fraction of sp³-hybridized carbons (Fsp3) is 0.643. The molecule has 104 valence electrons. The van der Waals surface area contributed by atoms with Gasteiger partial charge in [-0.15, -0.1) is 0 Å². The third kappa shape index (κ3) is 3.03. The van der Waals surface area contributed by atoms with Crippen molar-refractivity contribution in [2.75, 3.05) is 5.32 Å². The van der Waals surface area contributed by atoms with Crippen LogP contribution >= 0.6 is 0 Å². The number of anilines is 1. The van der Waals surface area contributed by atoms with Crippen molar-refractivity contribution in [3.05, 3.63) is 12.7 Å². The number of hydrogen-bond acceptors (Lipinski definition) is 4. The molecule has 0 aromatic carbocycles. The van der Waals surface area contributed by atoms with Crippen LogP contribution in [0.25, 0.3) is 11.2 Å². The van der Waals surface area contributed by atoms with Gasteiger partial charge in [-0.3, -0.25) is 0 Å². The molecule has 5 heteroatoms. The second-order valence-electron chi connectivity index (χ2n) is 5.38. The maximum atomic E-state index is 4.31. The van der Waals surface area contributed by atoms with Crippen LogP contribution < -0.4 is 5.32 Å². The van der Waals surface area contributed by atoms with Gasteiger partial charge in [0, 0.05) is 6.04 Å². The zero-order chi connectivity index (χ0) is 13.8. The van der Waals surface area contributed by atoms with Gasteiger partial charge in [-0.25, -0.2) is 15.0 Å². The molecule has 5 nitrogen and oxygen atoms in total. The van der Waals surface area contributed by atoms with E-state index >= 15 is 0 Å². The number of imidazole rings is 1. The van der Waals surface area contributed by atoms with Crippen molar-refractivity contribution < 1.29 is 0 Å². The summed E-state index contributed by atoms with van der Waals surface area (Å²) in [5.74, 6) is 2.13. The number of aromatic nitrogens is 4. The molecule has 2 aromatic rings. The average Bonchev–Trinajstić information content (AvgIpc) is 2.87. The number of H-pyrrole nitrogens is 1. The highest BCUT2D eigenvalue weighted by Crippen LogP contribution is 2.23. The topological polar surface area (TPSA) is 66.5 Å². The minimum Gasteiger partial charge on any atom is -0.365 e. The molecule has 0 aliphatic rings. The molecule has 19 heavy (non-hydrogen) atoms. The predicted molar refractivity (Wildman–Crippen MR) is 78.0 cm³/mol. The van der Waals surface area contributed by atoms with Crippen LogP contribution in [0.2, 0.25) is 0 Å². The zero-order valence-electron chi connectivity index (χ0n) is 12.1. The summed E-state index contributed by atoms with van der Waals surface area (Å²) in [7, 11) is 0. The average molecular weight is 261 g/mol. The van der Waals surface area contributed by atoms with E-state index in [4.69, 9.17) is 0 Å². The molecular formula is C14H23N5. The molecule has 0 bridgehead atoms. The van der Waals surface area contributed by atoms with Crippen molar-refractivity contribution in [3.63, 3.8) is 0 Å². The van der Waals surface area contributed by atoms with Gasteiger partial charge < -0.3 is 10.3 Å². The number of fused-ring (bicyclic) bond motifs is 1. The van der Waals surface area contributed by atoms with Crippen LogP contribution in [0, 0.1) is 11.8 Å². The normalized spacial score (nSPS) is 16.2. The van der Waals surface area contributed by atoms with Crippen LogP contribution in [0.5, 0.6) is 0 Å². The number of nitrogens with one attached hydrogen (secondary N) is 2. The Morgan fingerprint density at radius 2 is 2.00 bits per heavy atom. The van der Waals surface area contributed by atoms with Gasteiger partial charge in [0.05, 0.1) is 6.33 Å². The molecule has 2 N–H and O–H groups in total. The van der Waals surface area contributed by atoms with Crippen molar-refractivity contribution >= 4 is 17.0 Å². The van der Waals surface area contributed by atoms with Gasteiger partial charge in [0.15, 0.2) is 11.5 Å². The summed E-state index contributed by atoms with van der Waals surface area (Å²) in [4.78, 5) is 15.7. The Hall–Kier alpha value is -1.65. The van der Waals surface area contributed by atoms with E-state index in [0.29, 0.717) is 23.5 Å². The summed E-state index contributed by atoms with van der Waals surface area (Å²) in [5.41, 5.74) is 1.59. The van der Waals surface area contributed by atoms with Gasteiger partial charge in [-0.2, -0.15) is 0 Å². The third-order valence-corrected chi connectivity index (χ3v) is 4.02. The molecule has 3 unspecified atom stereocenters. The minimum atomic E-state index is 0.364. The number of aromatic amines is 1. The fourth-order valence-electron chi connectivity index (χ4n) is 2.43. The van der Waals surface area contributed by atoms with Crippen LogP contribution in [0.3, 0.4) is 0 Å². The highest BCUT2D eigenvalue weighted by Gasteiger charge is 2.19. The maximum absolute atomic E-state index is 4.31. The molecule has 3 atom stereocenters. The number of rotatable bonds is 6. The molecule has 0 fully saturated rings. The Morgan fingerprint density at radius 1 is 1.21 bits per heavy atom. The van der Waals surface area contributed by atoms with Gasteiger partial charge in [0.1, 0.15) is 11.8 Å². The van der Waals surface area contributed by atoms with Crippen molar-refractivity contribution in [3.8, 4) is 0 Å². The van der Waals surface area contributed by atoms with E-state index in [-0.39, 0.29) is 0 Å². The molecule has 0 radical (unpaired) electrons. The predicted octanol–water partition coefficient (Wildman–Crippen LogP) is 3.23. The first-order valence-electron chi connectivity index (χ1n) is 7.04. The summed E-state index contributed by atoms with van der Waals surface area (Å²) in [5, 5.41) is 3.49. The molecule has 0 amide bonds. The molecule has 2 rings (SSSR count). The van der Waals surface area contributed by atoms with Crippen molar-refractivity contribution in [1.29, 1.82) is 0 Å². The van der Waals surface area contributed by atoms with Gasteiger partial charge in [0.25, 0.3) is 0 Å². The first kappa shape index (κ1) is 13.8. The SMILES string of the molecule is CCCC(C)C(C)C(C)Nc1ncnc2nc[nH]c12. The van der Waals surface area contributed by atoms with E-state index in [1.165, 1.54) is 12.8 Å². The lowest BCUT2D eigenvalue weighted by Crippen LogP contribution is -2.29. The van der Waals surface area contributed by atoms with E-state index in [2.05, 4.69) is 52.9 Å². The molecular weight excluding hydrogens is 238 g/mol. The Morgan fingerprint density at radius 3 is 2.74 bits per heavy atom. The second kappa shape index (κ2) is 5.99. The summed E-state index contributed by atoms with van der Waals surface area (Å²) < 4.78 is 0. The van der Waals surface area contributed by atoms with Crippen LogP contribution in [0.4, 0.5) is 5.82 Å². The Kier molecular flexibility index (Phi) is 4.35. The molecule has 0 spiro atoms. The lowest BCUT2D eigenvalue weighted by molar-refractivity contribution is 0.330. The maximum Gasteiger partial charge on any atom is 0.182 e. The first-order valence-corrected chi connectivity index (χ1v) is 7.04. The molecule has 0 aliphatic heterocycles. The van der Waals surface area contributed by atoms with Crippen LogP contribution in [0.15, 0.2) is 12.7 Å². The second-order valence-corrected chi connectivity index (χ2v) is 5.38. The highest BCUT2D eigenvalue weighted by molar-refractivity contribution is 5.82. The lowest BCUT2D eigenvalue weighted by Gasteiger charge is -2.27. The van der Waals surface area contributed by atoms with Gasteiger partial charge >= 0.3 is 0 Å². The monoisotopic (exact) mass is 261 g/mol. The fourth-order valence-corrected chi connectivity index (χ4v) is 2.43.